The Bertz CT molecular complexity index is 356. The highest BCUT2D eigenvalue weighted by Crippen LogP contribution is 2.34. The zero-order valence-electron chi connectivity index (χ0n) is 10.8. The first-order chi connectivity index (χ1) is 8.26. The predicted molar refractivity (Wildman–Crippen MR) is 66.9 cm³/mol. The summed E-state index contributed by atoms with van der Waals surface area (Å²) >= 11 is 0. The summed E-state index contributed by atoms with van der Waals surface area (Å²) in [6.45, 7) is 1.43. The van der Waals surface area contributed by atoms with E-state index in [1.807, 2.05) is 19.2 Å². The smallest absolute Gasteiger partial charge is 0.164 e. The third-order valence-electron chi connectivity index (χ3n) is 2.40. The van der Waals surface area contributed by atoms with Crippen LogP contribution in [0.2, 0.25) is 0 Å². The molecule has 0 saturated carbocycles. The van der Waals surface area contributed by atoms with Crippen molar-refractivity contribution in [2.45, 2.75) is 6.54 Å². The molecule has 0 aliphatic rings. The molecule has 1 aromatic rings. The lowest BCUT2D eigenvalue weighted by atomic mass is 10.1. The van der Waals surface area contributed by atoms with Gasteiger partial charge in [0.15, 0.2) is 11.5 Å². The Labute approximate surface area is 102 Å². The molecule has 0 atom stereocenters. The molecule has 0 bridgehead atoms. The van der Waals surface area contributed by atoms with Crippen molar-refractivity contribution in [3.63, 3.8) is 0 Å². The normalized spacial score (nSPS) is 10.1. The molecule has 96 valence electrons. The molecule has 2 N–H and O–H groups in total. The maximum atomic E-state index is 5.32. The Balaban J connectivity index is 2.93. The van der Waals surface area contributed by atoms with Gasteiger partial charge < -0.3 is 24.8 Å². The molecular weight excluding hydrogens is 220 g/mol. The van der Waals surface area contributed by atoms with Gasteiger partial charge in [0.25, 0.3) is 0 Å². The van der Waals surface area contributed by atoms with Gasteiger partial charge in [0.2, 0.25) is 0 Å². The minimum absolute atomic E-state index is 0.668. The lowest BCUT2D eigenvalue weighted by Gasteiger charge is -2.14. The molecule has 0 saturated heterocycles. The minimum Gasteiger partial charge on any atom is -0.496 e. The highest BCUT2D eigenvalue weighted by atomic mass is 16.5. The molecule has 1 aromatic carbocycles. The summed E-state index contributed by atoms with van der Waals surface area (Å²) in [6, 6.07) is 3.75. The first-order valence-corrected chi connectivity index (χ1v) is 5.41. The third kappa shape index (κ3) is 3.51. The molecular formula is C12H20N2O3. The van der Waals surface area contributed by atoms with Crippen molar-refractivity contribution < 1.29 is 14.2 Å². The van der Waals surface area contributed by atoms with Crippen molar-refractivity contribution in [1.82, 2.24) is 10.6 Å². The second-order valence-electron chi connectivity index (χ2n) is 3.48. The number of benzene rings is 1. The average molecular weight is 240 g/mol. The number of nitrogens with one attached hydrogen (secondary N) is 2. The Morgan fingerprint density at radius 2 is 1.53 bits per heavy atom. The van der Waals surface area contributed by atoms with Crippen molar-refractivity contribution in [3.05, 3.63) is 17.7 Å². The summed E-state index contributed by atoms with van der Waals surface area (Å²) in [4.78, 5) is 0. The maximum absolute atomic E-state index is 5.32. The molecule has 0 aromatic heterocycles. The molecule has 0 radical (unpaired) electrons. The highest BCUT2D eigenvalue weighted by molar-refractivity contribution is 5.50. The fourth-order valence-electron chi connectivity index (χ4n) is 1.55. The van der Waals surface area contributed by atoms with E-state index in [2.05, 4.69) is 10.6 Å². The largest absolute Gasteiger partial charge is 0.496 e. The molecule has 0 spiro atoms. The van der Waals surface area contributed by atoms with Crippen LogP contribution in [-0.4, -0.2) is 35.0 Å². The topological polar surface area (TPSA) is 51.8 Å². The molecule has 0 fully saturated rings. The number of rotatable bonds is 7. The van der Waals surface area contributed by atoms with Gasteiger partial charge in [0.05, 0.1) is 21.3 Å². The molecule has 1 rings (SSSR count). The van der Waals surface area contributed by atoms with E-state index in [4.69, 9.17) is 14.2 Å². The SMILES string of the molecule is CNCNCc1cc(OC)c(OC)cc1OC. The molecule has 0 aliphatic carbocycles. The van der Waals surface area contributed by atoms with Gasteiger partial charge in [-0.1, -0.05) is 0 Å². The van der Waals surface area contributed by atoms with E-state index in [0.29, 0.717) is 18.0 Å². The summed E-state index contributed by atoms with van der Waals surface area (Å²) in [5, 5.41) is 6.25. The van der Waals surface area contributed by atoms with E-state index >= 15 is 0 Å². The van der Waals surface area contributed by atoms with Crippen molar-refractivity contribution in [1.29, 1.82) is 0 Å². The van der Waals surface area contributed by atoms with Crippen LogP contribution in [-0.2, 0) is 6.54 Å². The Hall–Kier alpha value is -1.46. The zero-order chi connectivity index (χ0) is 12.7. The van der Waals surface area contributed by atoms with E-state index < -0.39 is 0 Å². The van der Waals surface area contributed by atoms with Crippen molar-refractivity contribution >= 4 is 0 Å². The zero-order valence-corrected chi connectivity index (χ0v) is 10.8. The molecule has 5 nitrogen and oxygen atoms in total. The van der Waals surface area contributed by atoms with Crippen LogP contribution in [0.15, 0.2) is 12.1 Å². The van der Waals surface area contributed by atoms with Crippen LogP contribution >= 0.6 is 0 Å². The monoisotopic (exact) mass is 240 g/mol. The van der Waals surface area contributed by atoms with Crippen molar-refractivity contribution in [3.8, 4) is 17.2 Å². The fraction of sp³-hybridized carbons (Fsp3) is 0.500. The molecule has 0 aliphatic heterocycles. The molecule has 0 unspecified atom stereocenters. The number of hydrogen-bond acceptors (Lipinski definition) is 5. The average Bonchev–Trinajstić information content (AvgIpc) is 2.38. The highest BCUT2D eigenvalue weighted by Gasteiger charge is 2.11. The van der Waals surface area contributed by atoms with Crippen LogP contribution in [0.3, 0.4) is 0 Å². The van der Waals surface area contributed by atoms with E-state index in [1.54, 1.807) is 21.3 Å². The Morgan fingerprint density at radius 3 is 2.06 bits per heavy atom. The quantitative estimate of drug-likeness (QED) is 0.549. The summed E-state index contributed by atoms with van der Waals surface area (Å²) in [5.74, 6) is 2.16. The van der Waals surface area contributed by atoms with E-state index in [-0.39, 0.29) is 0 Å². The lowest BCUT2D eigenvalue weighted by molar-refractivity contribution is 0.347. The van der Waals surface area contributed by atoms with E-state index in [1.165, 1.54) is 0 Å². The second-order valence-corrected chi connectivity index (χ2v) is 3.48. The first kappa shape index (κ1) is 13.6. The number of hydrogen-bond donors (Lipinski definition) is 2. The summed E-state index contributed by atoms with van der Waals surface area (Å²) in [7, 11) is 6.76. The van der Waals surface area contributed by atoms with E-state index in [0.717, 1.165) is 18.0 Å². The van der Waals surface area contributed by atoms with Gasteiger partial charge in [-0.15, -0.1) is 0 Å². The van der Waals surface area contributed by atoms with Gasteiger partial charge in [-0.25, -0.2) is 0 Å². The number of ether oxygens (including phenoxy) is 3. The maximum Gasteiger partial charge on any atom is 0.164 e. The van der Waals surface area contributed by atoms with Crippen LogP contribution in [0.5, 0.6) is 17.2 Å². The Morgan fingerprint density at radius 1 is 0.941 bits per heavy atom. The molecule has 5 heteroatoms. The van der Waals surface area contributed by atoms with Crippen LogP contribution in [0.1, 0.15) is 5.56 Å². The standard InChI is InChI=1S/C12H20N2O3/c1-13-8-14-7-9-5-11(16-3)12(17-4)6-10(9)15-2/h5-6,13-14H,7-8H2,1-4H3. The summed E-state index contributed by atoms with van der Waals surface area (Å²) in [6.07, 6.45) is 0. The van der Waals surface area contributed by atoms with Crippen LogP contribution in [0.4, 0.5) is 0 Å². The third-order valence-corrected chi connectivity index (χ3v) is 2.40. The van der Waals surface area contributed by atoms with Crippen molar-refractivity contribution in [2.24, 2.45) is 0 Å². The van der Waals surface area contributed by atoms with Crippen molar-refractivity contribution in [2.75, 3.05) is 35.0 Å². The van der Waals surface area contributed by atoms with Gasteiger partial charge in [0, 0.05) is 24.8 Å². The Kier molecular flexibility index (Phi) is 5.59. The van der Waals surface area contributed by atoms with E-state index in [9.17, 15) is 0 Å². The van der Waals surface area contributed by atoms with Crippen LogP contribution < -0.4 is 24.8 Å². The van der Waals surface area contributed by atoms with Gasteiger partial charge in [-0.2, -0.15) is 0 Å². The minimum atomic E-state index is 0.668. The van der Waals surface area contributed by atoms with Gasteiger partial charge in [0.1, 0.15) is 5.75 Å². The van der Waals surface area contributed by atoms with Gasteiger partial charge >= 0.3 is 0 Å². The fourth-order valence-corrected chi connectivity index (χ4v) is 1.55. The lowest BCUT2D eigenvalue weighted by Crippen LogP contribution is -2.25. The summed E-state index contributed by atoms with van der Waals surface area (Å²) < 4.78 is 15.8. The molecule has 17 heavy (non-hydrogen) atoms. The molecule has 0 heterocycles. The summed E-state index contributed by atoms with van der Waals surface area (Å²) in [5.41, 5.74) is 1.03. The molecule has 0 amide bonds. The van der Waals surface area contributed by atoms with Crippen LogP contribution in [0, 0.1) is 0 Å². The number of methoxy groups -OCH3 is 3. The predicted octanol–water partition coefficient (Wildman–Crippen LogP) is 0.979. The second kappa shape index (κ2) is 6.98. The van der Waals surface area contributed by atoms with Gasteiger partial charge in [-0.3, -0.25) is 0 Å². The first-order valence-electron chi connectivity index (χ1n) is 5.41. The van der Waals surface area contributed by atoms with Crippen LogP contribution in [0.25, 0.3) is 0 Å². The van der Waals surface area contributed by atoms with Gasteiger partial charge in [-0.05, 0) is 13.1 Å².